The predicted molar refractivity (Wildman–Crippen MR) is 85.3 cm³/mol. The van der Waals surface area contributed by atoms with Gasteiger partial charge in [0.2, 0.25) is 0 Å². The number of anilines is 1. The van der Waals surface area contributed by atoms with Gasteiger partial charge in [-0.25, -0.2) is 0 Å². The second-order valence-corrected chi connectivity index (χ2v) is 5.96. The van der Waals surface area contributed by atoms with E-state index in [9.17, 15) is 0 Å². The number of hydrogen-bond donors (Lipinski definition) is 1. The number of nitrogens with one attached hydrogen (secondary N) is 1. The molecule has 1 aliphatic heterocycles. The number of benzene rings is 2. The van der Waals surface area contributed by atoms with E-state index in [2.05, 4.69) is 53.7 Å². The van der Waals surface area contributed by atoms with E-state index in [-0.39, 0.29) is 0 Å². The van der Waals surface area contributed by atoms with Gasteiger partial charge < -0.3 is 10.2 Å². The fourth-order valence-corrected chi connectivity index (χ4v) is 2.95. The van der Waals surface area contributed by atoms with Crippen molar-refractivity contribution in [3.05, 3.63) is 64.7 Å². The first-order chi connectivity index (χ1) is 9.70. The molecule has 2 aromatic carbocycles. The zero-order chi connectivity index (χ0) is 13.9. The Labute approximate surface area is 125 Å². The van der Waals surface area contributed by atoms with Gasteiger partial charge in [0.15, 0.2) is 0 Å². The van der Waals surface area contributed by atoms with Crippen LogP contribution in [0.5, 0.6) is 0 Å². The molecule has 0 fully saturated rings. The van der Waals surface area contributed by atoms with Crippen LogP contribution in [0.3, 0.4) is 0 Å². The van der Waals surface area contributed by atoms with E-state index in [1.54, 1.807) is 0 Å². The van der Waals surface area contributed by atoms with E-state index < -0.39 is 0 Å². The lowest BCUT2D eigenvalue weighted by molar-refractivity contribution is 0.312. The molecule has 3 heteroatoms. The summed E-state index contributed by atoms with van der Waals surface area (Å²) in [7, 11) is 2.17. The number of para-hydroxylation sites is 1. The van der Waals surface area contributed by atoms with Gasteiger partial charge in [0.05, 0.1) is 0 Å². The zero-order valence-electron chi connectivity index (χ0n) is 11.6. The third-order valence-corrected chi connectivity index (χ3v) is 3.99. The lowest BCUT2D eigenvalue weighted by atomic mass is 10.1. The van der Waals surface area contributed by atoms with Crippen molar-refractivity contribution in [2.45, 2.75) is 19.0 Å². The molecule has 1 unspecified atom stereocenters. The van der Waals surface area contributed by atoms with Crippen LogP contribution in [0, 0.1) is 0 Å². The second kappa shape index (κ2) is 5.86. The number of likely N-dealkylation sites (N-methyl/N-ethyl adjacent to an activating group) is 1. The van der Waals surface area contributed by atoms with E-state index in [0.29, 0.717) is 6.04 Å². The molecule has 0 aromatic heterocycles. The van der Waals surface area contributed by atoms with Crippen molar-refractivity contribution in [2.24, 2.45) is 0 Å². The van der Waals surface area contributed by atoms with Crippen LogP contribution in [0.15, 0.2) is 48.5 Å². The minimum Gasteiger partial charge on any atom is -0.380 e. The van der Waals surface area contributed by atoms with Crippen LogP contribution in [-0.2, 0) is 13.0 Å². The highest BCUT2D eigenvalue weighted by Gasteiger charge is 2.20. The summed E-state index contributed by atoms with van der Waals surface area (Å²) < 4.78 is 0. The van der Waals surface area contributed by atoms with Crippen LogP contribution in [0.1, 0.15) is 11.1 Å². The smallest absolute Gasteiger partial charge is 0.0429 e. The Hall–Kier alpha value is -1.51. The molecule has 3 rings (SSSR count). The van der Waals surface area contributed by atoms with Gasteiger partial charge in [-0.05, 0) is 42.8 Å². The van der Waals surface area contributed by atoms with Gasteiger partial charge in [-0.15, -0.1) is 0 Å². The zero-order valence-corrected chi connectivity index (χ0v) is 12.4. The average molecular weight is 287 g/mol. The molecule has 0 radical (unpaired) electrons. The van der Waals surface area contributed by atoms with Gasteiger partial charge in [0.1, 0.15) is 0 Å². The molecule has 104 valence electrons. The van der Waals surface area contributed by atoms with Gasteiger partial charge in [0.25, 0.3) is 0 Å². The van der Waals surface area contributed by atoms with E-state index in [1.165, 1.54) is 16.8 Å². The monoisotopic (exact) mass is 286 g/mol. The Morgan fingerprint density at radius 3 is 2.65 bits per heavy atom. The molecule has 0 bridgehead atoms. The molecule has 1 aliphatic rings. The largest absolute Gasteiger partial charge is 0.380 e. The summed E-state index contributed by atoms with van der Waals surface area (Å²) in [6.07, 6.45) is 1.11. The fraction of sp³-hybridized carbons (Fsp3) is 0.294. The van der Waals surface area contributed by atoms with Crippen molar-refractivity contribution in [2.75, 3.05) is 18.9 Å². The molecular formula is C17H19ClN2. The Bertz CT molecular complexity index is 555. The summed E-state index contributed by atoms with van der Waals surface area (Å²) in [6, 6.07) is 17.2. The quantitative estimate of drug-likeness (QED) is 0.919. The molecule has 1 atom stereocenters. The third kappa shape index (κ3) is 3.14. The van der Waals surface area contributed by atoms with Crippen molar-refractivity contribution in [1.82, 2.24) is 4.90 Å². The van der Waals surface area contributed by atoms with Crippen molar-refractivity contribution in [1.29, 1.82) is 0 Å². The van der Waals surface area contributed by atoms with Crippen LogP contribution in [0.4, 0.5) is 5.69 Å². The summed E-state index contributed by atoms with van der Waals surface area (Å²) in [6.45, 7) is 1.99. The molecule has 20 heavy (non-hydrogen) atoms. The molecule has 2 nitrogen and oxygen atoms in total. The summed E-state index contributed by atoms with van der Waals surface area (Å²) in [5.41, 5.74) is 4.02. The van der Waals surface area contributed by atoms with Gasteiger partial charge >= 0.3 is 0 Å². The first kappa shape index (κ1) is 13.5. The predicted octanol–water partition coefficient (Wildman–Crippen LogP) is 3.81. The number of fused-ring (bicyclic) bond motifs is 1. The molecular weight excluding hydrogens is 268 g/mol. The van der Waals surface area contributed by atoms with Gasteiger partial charge in [-0.3, -0.25) is 0 Å². The molecule has 2 aromatic rings. The standard InChI is InChI=1S/C17H19ClN2/c1-20(11-13-6-8-15(18)9-7-13)12-16-10-14-4-2-3-5-17(14)19-16/h2-9,16,19H,10-12H2,1H3. The molecule has 0 saturated heterocycles. The Balaban J connectivity index is 1.55. The highest BCUT2D eigenvalue weighted by molar-refractivity contribution is 6.30. The fourth-order valence-electron chi connectivity index (χ4n) is 2.83. The Kier molecular flexibility index (Phi) is 3.95. The van der Waals surface area contributed by atoms with Crippen LogP contribution in [-0.4, -0.2) is 24.5 Å². The molecule has 0 amide bonds. The van der Waals surface area contributed by atoms with E-state index in [0.717, 1.165) is 24.5 Å². The molecule has 1 heterocycles. The normalized spacial score (nSPS) is 17.1. The van der Waals surface area contributed by atoms with E-state index >= 15 is 0 Å². The molecule has 0 spiro atoms. The van der Waals surface area contributed by atoms with Crippen LogP contribution in [0.25, 0.3) is 0 Å². The Morgan fingerprint density at radius 2 is 1.90 bits per heavy atom. The maximum Gasteiger partial charge on any atom is 0.0429 e. The van der Waals surface area contributed by atoms with Crippen molar-refractivity contribution in [3.8, 4) is 0 Å². The van der Waals surface area contributed by atoms with Crippen LogP contribution in [0.2, 0.25) is 5.02 Å². The van der Waals surface area contributed by atoms with Gasteiger partial charge in [0, 0.05) is 29.8 Å². The summed E-state index contributed by atoms with van der Waals surface area (Å²) in [5.74, 6) is 0. The van der Waals surface area contributed by atoms with Crippen LogP contribution >= 0.6 is 11.6 Å². The topological polar surface area (TPSA) is 15.3 Å². The highest BCUT2D eigenvalue weighted by Crippen LogP contribution is 2.25. The molecule has 1 N–H and O–H groups in total. The maximum absolute atomic E-state index is 5.91. The number of hydrogen-bond acceptors (Lipinski definition) is 2. The van der Waals surface area contributed by atoms with Crippen molar-refractivity contribution < 1.29 is 0 Å². The molecule has 0 aliphatic carbocycles. The Morgan fingerprint density at radius 1 is 1.15 bits per heavy atom. The van der Waals surface area contributed by atoms with E-state index in [1.807, 2.05) is 12.1 Å². The lowest BCUT2D eigenvalue weighted by Crippen LogP contribution is -2.32. The lowest BCUT2D eigenvalue weighted by Gasteiger charge is -2.21. The van der Waals surface area contributed by atoms with Crippen LogP contribution < -0.4 is 5.32 Å². The minimum absolute atomic E-state index is 0.504. The summed E-state index contributed by atoms with van der Waals surface area (Å²) >= 11 is 5.91. The number of nitrogens with zero attached hydrogens (tertiary/aromatic N) is 1. The average Bonchev–Trinajstić information content (AvgIpc) is 2.83. The highest BCUT2D eigenvalue weighted by atomic mass is 35.5. The SMILES string of the molecule is CN(Cc1ccc(Cl)cc1)CC1Cc2ccccc2N1. The first-order valence-electron chi connectivity index (χ1n) is 6.98. The second-order valence-electron chi connectivity index (χ2n) is 5.53. The first-order valence-corrected chi connectivity index (χ1v) is 7.36. The van der Waals surface area contributed by atoms with Gasteiger partial charge in [-0.1, -0.05) is 41.9 Å². The van der Waals surface area contributed by atoms with Crippen molar-refractivity contribution >= 4 is 17.3 Å². The molecule has 0 saturated carbocycles. The van der Waals surface area contributed by atoms with E-state index in [4.69, 9.17) is 11.6 Å². The minimum atomic E-state index is 0.504. The number of rotatable bonds is 4. The maximum atomic E-state index is 5.91. The van der Waals surface area contributed by atoms with Crippen molar-refractivity contribution in [3.63, 3.8) is 0 Å². The summed E-state index contributed by atoms with van der Waals surface area (Å²) in [4.78, 5) is 2.35. The third-order valence-electron chi connectivity index (χ3n) is 3.74. The van der Waals surface area contributed by atoms with Gasteiger partial charge in [-0.2, -0.15) is 0 Å². The summed E-state index contributed by atoms with van der Waals surface area (Å²) in [5, 5.41) is 4.39. The number of halogens is 1.